The molecule has 0 bridgehead atoms. The van der Waals surface area contributed by atoms with Gasteiger partial charge in [-0.2, -0.15) is 5.10 Å². The molecule has 0 spiro atoms. The fraction of sp³-hybridized carbons (Fsp3) is 0.231. The number of nitrogens with zero attached hydrogens (tertiary/aromatic N) is 1. The first-order chi connectivity index (χ1) is 9.11. The maximum Gasteiger partial charge on any atom is 0.261 e. The van der Waals surface area contributed by atoms with Gasteiger partial charge >= 0.3 is 0 Å². The molecule has 0 aliphatic carbocycles. The molecule has 0 saturated carbocycles. The van der Waals surface area contributed by atoms with Crippen LogP contribution < -0.4 is 15.8 Å². The number of carbonyl (C=O) groups excluding carboxylic acids is 1. The van der Waals surface area contributed by atoms with Crippen LogP contribution in [0.5, 0.6) is 5.75 Å². The number of H-pyrrole nitrogens is 1. The van der Waals surface area contributed by atoms with Gasteiger partial charge in [-0.15, -0.1) is 0 Å². The van der Waals surface area contributed by atoms with Gasteiger partial charge in [-0.25, -0.2) is 0 Å². The first kappa shape index (κ1) is 12.9. The molecule has 100 valence electrons. The highest BCUT2D eigenvalue weighted by molar-refractivity contribution is 6.08. The number of aromatic amines is 1. The van der Waals surface area contributed by atoms with Gasteiger partial charge in [0.1, 0.15) is 11.3 Å². The predicted octanol–water partition coefficient (Wildman–Crippen LogP) is 1.95. The van der Waals surface area contributed by atoms with E-state index in [4.69, 9.17) is 10.5 Å². The second kappa shape index (κ2) is 5.43. The van der Waals surface area contributed by atoms with Crippen LogP contribution in [0.3, 0.4) is 0 Å². The van der Waals surface area contributed by atoms with Gasteiger partial charge in [-0.3, -0.25) is 9.89 Å². The lowest BCUT2D eigenvalue weighted by Crippen LogP contribution is -2.14. The number of benzene rings is 1. The molecule has 1 aromatic carbocycles. The average Bonchev–Trinajstić information content (AvgIpc) is 2.70. The smallest absolute Gasteiger partial charge is 0.261 e. The number of carbonyl (C=O) groups is 1. The van der Waals surface area contributed by atoms with E-state index < -0.39 is 0 Å². The van der Waals surface area contributed by atoms with Gasteiger partial charge in [0, 0.05) is 17.4 Å². The Bertz CT molecular complexity index is 573. The Morgan fingerprint density at radius 1 is 1.53 bits per heavy atom. The molecule has 2 rings (SSSR count). The van der Waals surface area contributed by atoms with E-state index in [0.717, 1.165) is 0 Å². The number of hydrogen-bond acceptors (Lipinski definition) is 4. The number of nitrogen functional groups attached to an aromatic ring is 1. The number of aromatic nitrogens is 2. The SMILES string of the molecule is CCOc1cccc(NC(=O)c2c(N)n[nH]c2C)c1. The van der Waals surface area contributed by atoms with Crippen LogP contribution in [-0.2, 0) is 0 Å². The summed E-state index contributed by atoms with van der Waals surface area (Å²) in [6.45, 7) is 4.22. The molecule has 4 N–H and O–H groups in total. The van der Waals surface area contributed by atoms with Crippen molar-refractivity contribution in [3.8, 4) is 5.75 Å². The molecule has 6 nitrogen and oxygen atoms in total. The third-order valence-electron chi connectivity index (χ3n) is 2.61. The molecule has 1 aromatic heterocycles. The summed E-state index contributed by atoms with van der Waals surface area (Å²) in [5, 5.41) is 9.23. The summed E-state index contributed by atoms with van der Waals surface area (Å²) in [6, 6.07) is 7.18. The second-order valence-corrected chi connectivity index (χ2v) is 4.02. The van der Waals surface area contributed by atoms with Crippen LogP contribution in [0.2, 0.25) is 0 Å². The number of anilines is 2. The minimum absolute atomic E-state index is 0.191. The number of rotatable bonds is 4. The lowest BCUT2D eigenvalue weighted by molar-refractivity contribution is 0.102. The topological polar surface area (TPSA) is 93.0 Å². The van der Waals surface area contributed by atoms with Crippen molar-refractivity contribution < 1.29 is 9.53 Å². The number of amides is 1. The molecule has 6 heteroatoms. The Hall–Kier alpha value is -2.50. The maximum absolute atomic E-state index is 12.1. The van der Waals surface area contributed by atoms with E-state index in [0.29, 0.717) is 29.3 Å². The van der Waals surface area contributed by atoms with Gasteiger partial charge in [0.2, 0.25) is 0 Å². The molecule has 1 amide bonds. The Morgan fingerprint density at radius 3 is 2.95 bits per heavy atom. The summed E-state index contributed by atoms with van der Waals surface area (Å²) < 4.78 is 5.37. The Labute approximate surface area is 111 Å². The molecule has 1 heterocycles. The van der Waals surface area contributed by atoms with Crippen molar-refractivity contribution >= 4 is 17.4 Å². The van der Waals surface area contributed by atoms with Gasteiger partial charge in [0.25, 0.3) is 5.91 Å². The second-order valence-electron chi connectivity index (χ2n) is 4.02. The van der Waals surface area contributed by atoms with E-state index in [2.05, 4.69) is 15.5 Å². The third kappa shape index (κ3) is 2.85. The summed E-state index contributed by atoms with van der Waals surface area (Å²) in [4.78, 5) is 12.1. The standard InChI is InChI=1S/C13H16N4O2/c1-3-19-10-6-4-5-9(7-10)15-13(18)11-8(2)16-17-12(11)14/h4-7H,3H2,1-2H3,(H,15,18)(H3,14,16,17). The zero-order chi connectivity index (χ0) is 13.8. The zero-order valence-corrected chi connectivity index (χ0v) is 10.9. The van der Waals surface area contributed by atoms with E-state index in [-0.39, 0.29) is 11.7 Å². The lowest BCUT2D eigenvalue weighted by Gasteiger charge is -2.08. The molecule has 0 fully saturated rings. The van der Waals surface area contributed by atoms with Crippen LogP contribution in [0.1, 0.15) is 23.0 Å². The van der Waals surface area contributed by atoms with E-state index in [9.17, 15) is 4.79 Å². The molecular weight excluding hydrogens is 244 g/mol. The number of nitrogens with two attached hydrogens (primary N) is 1. The number of aryl methyl sites for hydroxylation is 1. The molecule has 0 atom stereocenters. The first-order valence-electron chi connectivity index (χ1n) is 5.96. The van der Waals surface area contributed by atoms with Gasteiger partial charge in [-0.1, -0.05) is 6.07 Å². The van der Waals surface area contributed by atoms with Crippen molar-refractivity contribution in [3.63, 3.8) is 0 Å². The van der Waals surface area contributed by atoms with Crippen molar-refractivity contribution in [3.05, 3.63) is 35.5 Å². The Morgan fingerprint density at radius 2 is 2.32 bits per heavy atom. The Balaban J connectivity index is 2.17. The monoisotopic (exact) mass is 260 g/mol. The molecule has 0 aliphatic heterocycles. The quantitative estimate of drug-likeness (QED) is 0.783. The summed E-state index contributed by atoms with van der Waals surface area (Å²) in [5.41, 5.74) is 7.29. The highest BCUT2D eigenvalue weighted by Gasteiger charge is 2.16. The minimum atomic E-state index is -0.294. The highest BCUT2D eigenvalue weighted by Crippen LogP contribution is 2.19. The molecule has 0 unspecified atom stereocenters. The first-order valence-corrected chi connectivity index (χ1v) is 5.96. The summed E-state index contributed by atoms with van der Waals surface area (Å²) in [6.07, 6.45) is 0. The van der Waals surface area contributed by atoms with E-state index >= 15 is 0 Å². The van der Waals surface area contributed by atoms with Crippen LogP contribution in [0.4, 0.5) is 11.5 Å². The van der Waals surface area contributed by atoms with Gasteiger partial charge in [0.05, 0.1) is 6.61 Å². The molecule has 0 radical (unpaired) electrons. The van der Waals surface area contributed by atoms with Crippen LogP contribution in [-0.4, -0.2) is 22.7 Å². The van der Waals surface area contributed by atoms with Gasteiger partial charge in [-0.05, 0) is 26.0 Å². The highest BCUT2D eigenvalue weighted by atomic mass is 16.5. The number of nitrogens with one attached hydrogen (secondary N) is 2. The van der Waals surface area contributed by atoms with Crippen molar-refractivity contribution in [1.82, 2.24) is 10.2 Å². The maximum atomic E-state index is 12.1. The van der Waals surface area contributed by atoms with Crippen molar-refractivity contribution in [1.29, 1.82) is 0 Å². The average molecular weight is 260 g/mol. The largest absolute Gasteiger partial charge is 0.494 e. The molecular formula is C13H16N4O2. The van der Waals surface area contributed by atoms with Gasteiger partial charge in [0.15, 0.2) is 5.82 Å². The third-order valence-corrected chi connectivity index (χ3v) is 2.61. The van der Waals surface area contributed by atoms with Gasteiger partial charge < -0.3 is 15.8 Å². The fourth-order valence-corrected chi connectivity index (χ4v) is 1.76. The molecule has 19 heavy (non-hydrogen) atoms. The number of hydrogen-bond donors (Lipinski definition) is 3. The van der Waals surface area contributed by atoms with Crippen molar-refractivity contribution in [2.24, 2.45) is 0 Å². The van der Waals surface area contributed by atoms with Crippen molar-refractivity contribution in [2.75, 3.05) is 17.7 Å². The lowest BCUT2D eigenvalue weighted by atomic mass is 10.2. The van der Waals surface area contributed by atoms with Crippen LogP contribution >= 0.6 is 0 Å². The molecule has 2 aromatic rings. The minimum Gasteiger partial charge on any atom is -0.494 e. The zero-order valence-electron chi connectivity index (χ0n) is 10.9. The summed E-state index contributed by atoms with van der Waals surface area (Å²) in [7, 11) is 0. The normalized spacial score (nSPS) is 10.2. The summed E-state index contributed by atoms with van der Waals surface area (Å²) >= 11 is 0. The van der Waals surface area contributed by atoms with Crippen LogP contribution in [0, 0.1) is 6.92 Å². The van der Waals surface area contributed by atoms with E-state index in [1.54, 1.807) is 19.1 Å². The molecule has 0 saturated heterocycles. The van der Waals surface area contributed by atoms with E-state index in [1.165, 1.54) is 0 Å². The summed E-state index contributed by atoms with van der Waals surface area (Å²) in [5.74, 6) is 0.602. The van der Waals surface area contributed by atoms with E-state index in [1.807, 2.05) is 19.1 Å². The van der Waals surface area contributed by atoms with Crippen LogP contribution in [0.25, 0.3) is 0 Å². The fourth-order valence-electron chi connectivity index (χ4n) is 1.76. The van der Waals surface area contributed by atoms with Crippen molar-refractivity contribution in [2.45, 2.75) is 13.8 Å². The molecule has 0 aliphatic rings. The predicted molar refractivity (Wildman–Crippen MR) is 73.3 cm³/mol. The van der Waals surface area contributed by atoms with Crippen LogP contribution in [0.15, 0.2) is 24.3 Å². The Kier molecular flexibility index (Phi) is 3.70. The number of ether oxygens (including phenoxy) is 1.